The molecule has 17 heavy (non-hydrogen) atoms. The van der Waals surface area contributed by atoms with E-state index in [1.165, 1.54) is 0 Å². The fraction of sp³-hybridized carbons (Fsp3) is 0.636. The Balaban J connectivity index is 2.60. The van der Waals surface area contributed by atoms with Gasteiger partial charge in [0, 0.05) is 6.04 Å². The molecule has 1 unspecified atom stereocenters. The minimum absolute atomic E-state index is 0.160. The van der Waals surface area contributed by atoms with Gasteiger partial charge in [0.15, 0.2) is 11.6 Å². The molecule has 0 saturated carbocycles. The van der Waals surface area contributed by atoms with Crippen molar-refractivity contribution >= 4 is 11.8 Å². The minimum Gasteiger partial charge on any atom is -0.365 e. The lowest BCUT2D eigenvalue weighted by molar-refractivity contribution is 0.524. The third-order valence-corrected chi connectivity index (χ3v) is 2.43. The van der Waals surface area contributed by atoms with Gasteiger partial charge in [-0.3, -0.25) is 5.43 Å². The Labute approximate surface area is 101 Å². The highest BCUT2D eigenvalue weighted by Gasteiger charge is 2.10. The molecule has 0 aromatic carbocycles. The summed E-state index contributed by atoms with van der Waals surface area (Å²) in [6, 6.07) is 0.160. The number of hydrogen-bond donors (Lipinski definition) is 3. The zero-order valence-corrected chi connectivity index (χ0v) is 10.5. The molecule has 1 aromatic rings. The second-order valence-electron chi connectivity index (χ2n) is 4.55. The Kier molecular flexibility index (Phi) is 5.09. The van der Waals surface area contributed by atoms with Crippen LogP contribution in [0.5, 0.6) is 0 Å². The maximum atomic E-state index is 13.4. The first kappa shape index (κ1) is 13.6. The fourth-order valence-corrected chi connectivity index (χ4v) is 1.43. The molecule has 0 amide bonds. The van der Waals surface area contributed by atoms with Gasteiger partial charge in [0.05, 0.1) is 6.20 Å². The number of hydrazine groups is 1. The van der Waals surface area contributed by atoms with Crippen LogP contribution in [0.3, 0.4) is 0 Å². The maximum absolute atomic E-state index is 13.4. The van der Waals surface area contributed by atoms with E-state index in [0.29, 0.717) is 5.92 Å². The molecule has 0 bridgehead atoms. The number of anilines is 2. The van der Waals surface area contributed by atoms with Crippen LogP contribution in [0, 0.1) is 11.7 Å². The lowest BCUT2D eigenvalue weighted by Gasteiger charge is -2.16. The van der Waals surface area contributed by atoms with E-state index in [1.54, 1.807) is 0 Å². The number of nitrogens with zero attached hydrogens (tertiary/aromatic N) is 2. The van der Waals surface area contributed by atoms with Crippen molar-refractivity contribution in [1.82, 2.24) is 9.97 Å². The molecule has 0 spiro atoms. The molecule has 1 rings (SSSR count). The van der Waals surface area contributed by atoms with Crippen molar-refractivity contribution in [2.45, 2.75) is 39.7 Å². The van der Waals surface area contributed by atoms with Crippen LogP contribution in [0.15, 0.2) is 6.20 Å². The van der Waals surface area contributed by atoms with Crippen molar-refractivity contribution < 1.29 is 4.39 Å². The van der Waals surface area contributed by atoms with Gasteiger partial charge in [-0.25, -0.2) is 15.2 Å². The Bertz CT molecular complexity index is 356. The average Bonchev–Trinajstić information content (AvgIpc) is 2.29. The Morgan fingerprint density at radius 3 is 2.65 bits per heavy atom. The van der Waals surface area contributed by atoms with E-state index in [9.17, 15) is 4.39 Å². The topological polar surface area (TPSA) is 75.9 Å². The summed E-state index contributed by atoms with van der Waals surface area (Å²) < 4.78 is 13.4. The van der Waals surface area contributed by atoms with Crippen LogP contribution in [0.1, 0.15) is 33.6 Å². The molecule has 0 radical (unpaired) electrons. The van der Waals surface area contributed by atoms with Crippen molar-refractivity contribution in [3.05, 3.63) is 12.0 Å². The van der Waals surface area contributed by atoms with Crippen LogP contribution in [-0.4, -0.2) is 16.0 Å². The lowest BCUT2D eigenvalue weighted by Crippen LogP contribution is -2.19. The highest BCUT2D eigenvalue weighted by Crippen LogP contribution is 2.15. The summed E-state index contributed by atoms with van der Waals surface area (Å²) >= 11 is 0. The van der Waals surface area contributed by atoms with Crippen molar-refractivity contribution in [2.24, 2.45) is 11.8 Å². The molecule has 6 heteroatoms. The van der Waals surface area contributed by atoms with Gasteiger partial charge in [-0.2, -0.15) is 4.98 Å². The number of nitrogens with one attached hydrogen (secondary N) is 2. The highest BCUT2D eigenvalue weighted by atomic mass is 19.1. The number of hydrogen-bond acceptors (Lipinski definition) is 5. The first-order valence-corrected chi connectivity index (χ1v) is 5.78. The van der Waals surface area contributed by atoms with E-state index in [-0.39, 0.29) is 17.8 Å². The third-order valence-electron chi connectivity index (χ3n) is 2.43. The highest BCUT2D eigenvalue weighted by molar-refractivity contribution is 5.41. The monoisotopic (exact) mass is 241 g/mol. The molecule has 0 aliphatic carbocycles. The lowest BCUT2D eigenvalue weighted by atomic mass is 10.0. The standard InChI is InChI=1S/C11H20FN5/c1-7(2)4-5-8(3)15-10-9(12)6-14-11(16-10)17-13/h6-8H,4-5,13H2,1-3H3,(H2,14,15,16,17). The molecule has 0 saturated heterocycles. The van der Waals surface area contributed by atoms with Gasteiger partial charge in [0.25, 0.3) is 0 Å². The number of halogens is 1. The number of nitrogens with two attached hydrogens (primary N) is 1. The molecule has 1 aromatic heterocycles. The van der Waals surface area contributed by atoms with Crippen LogP contribution >= 0.6 is 0 Å². The summed E-state index contributed by atoms with van der Waals surface area (Å²) in [6.07, 6.45) is 3.15. The summed E-state index contributed by atoms with van der Waals surface area (Å²) in [6.45, 7) is 6.32. The van der Waals surface area contributed by atoms with E-state index in [0.717, 1.165) is 19.0 Å². The third kappa shape index (κ3) is 4.52. The summed E-state index contributed by atoms with van der Waals surface area (Å²) in [4.78, 5) is 7.60. The van der Waals surface area contributed by atoms with Gasteiger partial charge in [0.2, 0.25) is 5.95 Å². The van der Waals surface area contributed by atoms with Crippen LogP contribution in [0.2, 0.25) is 0 Å². The zero-order valence-electron chi connectivity index (χ0n) is 10.5. The Hall–Kier alpha value is -1.43. The molecule has 0 fully saturated rings. The average molecular weight is 241 g/mol. The van der Waals surface area contributed by atoms with Crippen LogP contribution < -0.4 is 16.6 Å². The second kappa shape index (κ2) is 6.34. The summed E-state index contributed by atoms with van der Waals surface area (Å²) in [5, 5.41) is 3.02. The molecule has 0 aliphatic rings. The predicted octanol–water partition coefficient (Wildman–Crippen LogP) is 2.14. The van der Waals surface area contributed by atoms with E-state index >= 15 is 0 Å². The molecule has 1 atom stereocenters. The van der Waals surface area contributed by atoms with Crippen molar-refractivity contribution in [2.75, 3.05) is 10.7 Å². The number of nitrogen functional groups attached to an aromatic ring is 1. The molecular weight excluding hydrogens is 221 g/mol. The van der Waals surface area contributed by atoms with Gasteiger partial charge in [0.1, 0.15) is 0 Å². The minimum atomic E-state index is -0.472. The molecule has 5 nitrogen and oxygen atoms in total. The predicted molar refractivity (Wildman–Crippen MR) is 67.0 cm³/mol. The first-order valence-electron chi connectivity index (χ1n) is 5.78. The van der Waals surface area contributed by atoms with E-state index in [1.807, 2.05) is 6.92 Å². The molecule has 0 aliphatic heterocycles. The van der Waals surface area contributed by atoms with E-state index in [4.69, 9.17) is 5.84 Å². The molecule has 1 heterocycles. The SMILES string of the molecule is CC(C)CCC(C)Nc1nc(NN)ncc1F. The summed E-state index contributed by atoms with van der Waals surface area (Å²) in [5.74, 6) is 5.72. The van der Waals surface area contributed by atoms with Gasteiger partial charge >= 0.3 is 0 Å². The second-order valence-corrected chi connectivity index (χ2v) is 4.55. The first-order chi connectivity index (χ1) is 8.02. The van der Waals surface area contributed by atoms with Gasteiger partial charge in [-0.05, 0) is 25.7 Å². The quantitative estimate of drug-likeness (QED) is 0.525. The molecular formula is C11H20FN5. The van der Waals surface area contributed by atoms with Crippen molar-refractivity contribution in [1.29, 1.82) is 0 Å². The van der Waals surface area contributed by atoms with Crippen LogP contribution in [-0.2, 0) is 0 Å². The molecule has 96 valence electrons. The Morgan fingerprint density at radius 2 is 2.06 bits per heavy atom. The normalized spacial score (nSPS) is 12.6. The Morgan fingerprint density at radius 1 is 1.35 bits per heavy atom. The van der Waals surface area contributed by atoms with Gasteiger partial charge in [-0.15, -0.1) is 0 Å². The summed E-state index contributed by atoms with van der Waals surface area (Å²) in [5.41, 5.74) is 2.29. The van der Waals surface area contributed by atoms with Crippen molar-refractivity contribution in [3.8, 4) is 0 Å². The van der Waals surface area contributed by atoms with E-state index < -0.39 is 5.82 Å². The van der Waals surface area contributed by atoms with Crippen LogP contribution in [0.4, 0.5) is 16.2 Å². The van der Waals surface area contributed by atoms with E-state index in [2.05, 4.69) is 34.6 Å². The summed E-state index contributed by atoms with van der Waals surface area (Å²) in [7, 11) is 0. The largest absolute Gasteiger partial charge is 0.365 e. The van der Waals surface area contributed by atoms with Crippen molar-refractivity contribution in [3.63, 3.8) is 0 Å². The zero-order chi connectivity index (χ0) is 12.8. The smallest absolute Gasteiger partial charge is 0.239 e. The fourth-order valence-electron chi connectivity index (χ4n) is 1.43. The maximum Gasteiger partial charge on any atom is 0.239 e. The number of aromatic nitrogens is 2. The van der Waals surface area contributed by atoms with Crippen LogP contribution in [0.25, 0.3) is 0 Å². The molecule has 4 N–H and O–H groups in total. The van der Waals surface area contributed by atoms with Gasteiger partial charge < -0.3 is 5.32 Å². The number of rotatable bonds is 6. The van der Waals surface area contributed by atoms with Gasteiger partial charge in [-0.1, -0.05) is 13.8 Å².